The third-order valence-corrected chi connectivity index (χ3v) is 4.46. The van der Waals surface area contributed by atoms with E-state index in [2.05, 4.69) is 21.8 Å². The van der Waals surface area contributed by atoms with E-state index in [0.29, 0.717) is 42.6 Å². The van der Waals surface area contributed by atoms with E-state index in [1.54, 1.807) is 23.2 Å². The molecular weight excluding hydrogens is 360 g/mol. The number of aromatic nitrogens is 1. The van der Waals surface area contributed by atoms with E-state index in [9.17, 15) is 4.79 Å². The molecule has 0 aliphatic carbocycles. The van der Waals surface area contributed by atoms with Gasteiger partial charge in [-0.2, -0.15) is 0 Å². The number of hydrogen-bond acceptors (Lipinski definition) is 6. The number of fused-ring (bicyclic) bond motifs is 1. The summed E-state index contributed by atoms with van der Waals surface area (Å²) in [5.74, 6) is 2.16. The number of carbonyl (C=O) groups is 1. The number of urea groups is 1. The Balaban J connectivity index is 1.87. The Morgan fingerprint density at radius 3 is 2.54 bits per heavy atom. The minimum Gasteiger partial charge on any atom is -0.493 e. The molecule has 1 aliphatic heterocycles. The molecule has 0 atom stereocenters. The Labute approximate surface area is 164 Å². The van der Waals surface area contributed by atoms with Crippen LogP contribution in [0, 0.1) is 0 Å². The lowest BCUT2D eigenvalue weighted by molar-refractivity contribution is 0.256. The first-order valence-electron chi connectivity index (χ1n) is 8.82. The number of nitrogens with one attached hydrogen (secondary N) is 1. The van der Waals surface area contributed by atoms with Crippen molar-refractivity contribution in [2.75, 3.05) is 56.1 Å². The molecule has 1 aliphatic rings. The van der Waals surface area contributed by atoms with Crippen LogP contribution in [-0.4, -0.2) is 52.0 Å². The van der Waals surface area contributed by atoms with Gasteiger partial charge in [0.15, 0.2) is 17.3 Å². The van der Waals surface area contributed by atoms with Crippen LogP contribution in [0.3, 0.4) is 0 Å². The summed E-state index contributed by atoms with van der Waals surface area (Å²) in [5, 5.41) is 2.91. The van der Waals surface area contributed by atoms with Crippen LogP contribution < -0.4 is 29.3 Å². The Morgan fingerprint density at radius 2 is 1.93 bits per heavy atom. The largest absolute Gasteiger partial charge is 0.493 e. The summed E-state index contributed by atoms with van der Waals surface area (Å²) in [6, 6.07) is 6.82. The Kier molecular flexibility index (Phi) is 5.88. The molecule has 0 bridgehead atoms. The summed E-state index contributed by atoms with van der Waals surface area (Å²) in [5.41, 5.74) is 1.29. The number of anilines is 3. The number of rotatable bonds is 6. The lowest BCUT2D eigenvalue weighted by Gasteiger charge is -2.36. The zero-order valence-corrected chi connectivity index (χ0v) is 16.3. The average Bonchev–Trinajstić information content (AvgIpc) is 2.73. The highest BCUT2D eigenvalue weighted by Gasteiger charge is 2.27. The molecule has 1 N–H and O–H groups in total. The summed E-state index contributed by atoms with van der Waals surface area (Å²) < 4.78 is 16.0. The first kappa shape index (κ1) is 19.3. The van der Waals surface area contributed by atoms with Gasteiger partial charge in [-0.1, -0.05) is 6.08 Å². The van der Waals surface area contributed by atoms with Gasteiger partial charge in [0.25, 0.3) is 0 Å². The van der Waals surface area contributed by atoms with Crippen molar-refractivity contribution in [2.24, 2.45) is 0 Å². The Morgan fingerprint density at radius 1 is 1.21 bits per heavy atom. The summed E-state index contributed by atoms with van der Waals surface area (Å²) >= 11 is 0. The third-order valence-electron chi connectivity index (χ3n) is 4.46. The van der Waals surface area contributed by atoms with Gasteiger partial charge in [-0.25, -0.2) is 9.78 Å². The molecular formula is C20H24N4O4. The fourth-order valence-corrected chi connectivity index (χ4v) is 3.18. The first-order chi connectivity index (χ1) is 13.6. The number of nitrogens with zero attached hydrogens (tertiary/aromatic N) is 3. The summed E-state index contributed by atoms with van der Waals surface area (Å²) in [7, 11) is 4.60. The van der Waals surface area contributed by atoms with E-state index in [4.69, 9.17) is 14.2 Å². The normalized spacial score (nSPS) is 12.8. The minimum atomic E-state index is -0.262. The quantitative estimate of drug-likeness (QED) is 0.771. The molecule has 1 aromatic heterocycles. The van der Waals surface area contributed by atoms with Crippen LogP contribution in [0.25, 0.3) is 0 Å². The molecule has 148 valence electrons. The highest BCUT2D eigenvalue weighted by Crippen LogP contribution is 2.40. The second kappa shape index (κ2) is 8.51. The van der Waals surface area contributed by atoms with E-state index in [0.717, 1.165) is 11.5 Å². The van der Waals surface area contributed by atoms with Crippen LogP contribution in [0.4, 0.5) is 22.0 Å². The molecule has 2 aromatic rings. The number of ether oxygens (including phenoxy) is 3. The molecule has 2 amide bonds. The van der Waals surface area contributed by atoms with Gasteiger partial charge in [-0.15, -0.1) is 6.58 Å². The molecule has 2 heterocycles. The lowest BCUT2D eigenvalue weighted by atomic mass is 10.2. The summed E-state index contributed by atoms with van der Waals surface area (Å²) in [4.78, 5) is 21.2. The smallest absolute Gasteiger partial charge is 0.326 e. The van der Waals surface area contributed by atoms with Crippen molar-refractivity contribution in [3.05, 3.63) is 43.1 Å². The maximum absolute atomic E-state index is 13.0. The van der Waals surface area contributed by atoms with Crippen LogP contribution in [0.1, 0.15) is 0 Å². The number of pyridine rings is 1. The topological polar surface area (TPSA) is 76.2 Å². The van der Waals surface area contributed by atoms with Crippen LogP contribution in [-0.2, 0) is 0 Å². The summed E-state index contributed by atoms with van der Waals surface area (Å²) in [6.07, 6.45) is 3.54. The molecule has 28 heavy (non-hydrogen) atoms. The van der Waals surface area contributed by atoms with Gasteiger partial charge < -0.3 is 24.4 Å². The maximum Gasteiger partial charge on any atom is 0.326 e. The predicted octanol–water partition coefficient (Wildman–Crippen LogP) is 3.15. The van der Waals surface area contributed by atoms with E-state index in [-0.39, 0.29) is 6.03 Å². The fourth-order valence-electron chi connectivity index (χ4n) is 3.18. The number of hydrogen-bond donors (Lipinski definition) is 1. The van der Waals surface area contributed by atoms with E-state index < -0.39 is 0 Å². The van der Waals surface area contributed by atoms with E-state index >= 15 is 0 Å². The lowest BCUT2D eigenvalue weighted by Crippen LogP contribution is -2.46. The Hall–Kier alpha value is -3.42. The second-order valence-electron chi connectivity index (χ2n) is 6.08. The van der Waals surface area contributed by atoms with Crippen LogP contribution >= 0.6 is 0 Å². The molecule has 0 fully saturated rings. The SMILES string of the molecule is C=CCN1CCN(C(=O)Nc2cc(OC)c(OC)c(OC)c2)c2cccnc21. The van der Waals surface area contributed by atoms with Gasteiger partial charge in [-0.3, -0.25) is 4.90 Å². The minimum absolute atomic E-state index is 0.262. The molecule has 0 spiro atoms. The van der Waals surface area contributed by atoms with Crippen molar-refractivity contribution in [3.63, 3.8) is 0 Å². The number of benzene rings is 1. The van der Waals surface area contributed by atoms with Gasteiger partial charge in [0, 0.05) is 38.0 Å². The maximum atomic E-state index is 13.0. The van der Waals surface area contributed by atoms with Crippen molar-refractivity contribution in [1.82, 2.24) is 4.98 Å². The van der Waals surface area contributed by atoms with Crippen LogP contribution in [0.2, 0.25) is 0 Å². The van der Waals surface area contributed by atoms with Gasteiger partial charge >= 0.3 is 6.03 Å². The third kappa shape index (κ3) is 3.66. The molecule has 0 unspecified atom stereocenters. The highest BCUT2D eigenvalue weighted by molar-refractivity contribution is 6.04. The van der Waals surface area contributed by atoms with Gasteiger partial charge in [0.1, 0.15) is 0 Å². The molecule has 0 radical (unpaired) electrons. The number of carbonyl (C=O) groups excluding carboxylic acids is 1. The number of methoxy groups -OCH3 is 3. The van der Waals surface area contributed by atoms with Crippen molar-refractivity contribution in [1.29, 1.82) is 0 Å². The monoisotopic (exact) mass is 384 g/mol. The van der Waals surface area contributed by atoms with Crippen molar-refractivity contribution in [3.8, 4) is 17.2 Å². The van der Waals surface area contributed by atoms with Crippen LogP contribution in [0.5, 0.6) is 17.2 Å². The van der Waals surface area contributed by atoms with Gasteiger partial charge in [0.2, 0.25) is 5.75 Å². The molecule has 0 saturated carbocycles. The molecule has 8 nitrogen and oxygen atoms in total. The molecule has 3 rings (SSSR count). The molecule has 1 aromatic carbocycles. The average molecular weight is 384 g/mol. The van der Waals surface area contributed by atoms with Crippen molar-refractivity contribution in [2.45, 2.75) is 0 Å². The second-order valence-corrected chi connectivity index (χ2v) is 6.08. The Bertz CT molecular complexity index is 846. The standard InChI is InChI=1S/C20H24N4O4/c1-5-9-23-10-11-24(15-7-6-8-21-19(15)23)20(25)22-14-12-16(26-2)18(28-4)17(13-14)27-3/h5-8,12-13H,1,9-11H2,2-4H3,(H,22,25). The van der Waals surface area contributed by atoms with Gasteiger partial charge in [-0.05, 0) is 12.1 Å². The zero-order chi connectivity index (χ0) is 20.1. The predicted molar refractivity (Wildman–Crippen MR) is 109 cm³/mol. The van der Waals surface area contributed by atoms with Crippen LogP contribution in [0.15, 0.2) is 43.1 Å². The first-order valence-corrected chi connectivity index (χ1v) is 8.82. The highest BCUT2D eigenvalue weighted by atomic mass is 16.5. The summed E-state index contributed by atoms with van der Waals surface area (Å²) in [6.45, 7) is 5.66. The van der Waals surface area contributed by atoms with E-state index in [1.165, 1.54) is 21.3 Å². The number of amides is 2. The zero-order valence-electron chi connectivity index (χ0n) is 16.3. The fraction of sp³-hybridized carbons (Fsp3) is 0.300. The van der Waals surface area contributed by atoms with Crippen molar-refractivity contribution >= 4 is 23.2 Å². The van der Waals surface area contributed by atoms with Gasteiger partial charge in [0.05, 0.1) is 32.7 Å². The van der Waals surface area contributed by atoms with E-state index in [1.807, 2.05) is 18.2 Å². The van der Waals surface area contributed by atoms with Crippen molar-refractivity contribution < 1.29 is 19.0 Å². The molecule has 8 heteroatoms. The molecule has 0 saturated heterocycles.